The minimum absolute atomic E-state index is 0.165. The van der Waals surface area contributed by atoms with Gasteiger partial charge in [0.15, 0.2) is 0 Å². The summed E-state index contributed by atoms with van der Waals surface area (Å²) in [6.07, 6.45) is 1.53. The molecule has 0 radical (unpaired) electrons. The fourth-order valence-electron chi connectivity index (χ4n) is 2.19. The van der Waals surface area contributed by atoms with Crippen LogP contribution in [0.1, 0.15) is 49.8 Å². The van der Waals surface area contributed by atoms with Gasteiger partial charge in [0, 0.05) is 11.6 Å². The van der Waals surface area contributed by atoms with Crippen LogP contribution in [0.25, 0.3) is 0 Å². The zero-order valence-corrected chi connectivity index (χ0v) is 13.6. The van der Waals surface area contributed by atoms with E-state index in [0.29, 0.717) is 6.42 Å². The van der Waals surface area contributed by atoms with Crippen LogP contribution >= 0.6 is 0 Å². The predicted molar refractivity (Wildman–Crippen MR) is 81.3 cm³/mol. The number of unbranched alkanes of at least 4 members (excludes halogenated alkanes) is 1. The molecule has 1 atom stereocenters. The Hall–Kier alpha value is -0.850. The van der Waals surface area contributed by atoms with Crippen molar-refractivity contribution in [2.45, 2.75) is 46.6 Å². The van der Waals surface area contributed by atoms with Crippen LogP contribution < -0.4 is 10.0 Å². The van der Waals surface area contributed by atoms with Crippen LogP contribution in [0.2, 0.25) is 0 Å². The third-order valence-corrected chi connectivity index (χ3v) is 4.71. The van der Waals surface area contributed by atoms with Crippen molar-refractivity contribution in [3.8, 4) is 0 Å². The van der Waals surface area contributed by atoms with Crippen LogP contribution in [0.15, 0.2) is 10.5 Å². The molecule has 1 unspecified atom stereocenters. The van der Waals surface area contributed by atoms with Crippen LogP contribution in [0.4, 0.5) is 0 Å². The highest BCUT2D eigenvalue weighted by Crippen LogP contribution is 2.21. The van der Waals surface area contributed by atoms with Gasteiger partial charge in [0.1, 0.15) is 11.5 Å². The van der Waals surface area contributed by atoms with E-state index in [-0.39, 0.29) is 11.8 Å². The van der Waals surface area contributed by atoms with E-state index < -0.39 is 10.0 Å². The van der Waals surface area contributed by atoms with E-state index in [0.717, 1.165) is 36.6 Å². The van der Waals surface area contributed by atoms with Gasteiger partial charge >= 0.3 is 0 Å². The van der Waals surface area contributed by atoms with Crippen molar-refractivity contribution in [2.75, 3.05) is 18.8 Å². The molecule has 0 aliphatic rings. The molecule has 1 aromatic rings. The third kappa shape index (κ3) is 5.64. The normalized spacial score (nSPS) is 13.6. The fraction of sp³-hybridized carbons (Fsp3) is 0.714. The van der Waals surface area contributed by atoms with Gasteiger partial charge < -0.3 is 9.73 Å². The monoisotopic (exact) mass is 302 g/mol. The average Bonchev–Trinajstić information content (AvgIpc) is 2.67. The van der Waals surface area contributed by atoms with Crippen LogP contribution in [0.3, 0.4) is 0 Å². The first kappa shape index (κ1) is 17.2. The Labute approximate surface area is 122 Å². The minimum atomic E-state index is -3.24. The molecule has 1 aromatic heterocycles. The number of nitrogens with one attached hydrogen (secondary N) is 2. The molecule has 0 spiro atoms. The first-order chi connectivity index (χ1) is 9.35. The van der Waals surface area contributed by atoms with Gasteiger partial charge in [0.2, 0.25) is 10.0 Å². The lowest BCUT2D eigenvalue weighted by Crippen LogP contribution is -2.29. The molecule has 0 saturated heterocycles. The van der Waals surface area contributed by atoms with Crippen molar-refractivity contribution in [1.82, 2.24) is 10.0 Å². The van der Waals surface area contributed by atoms with Gasteiger partial charge in [-0.3, -0.25) is 0 Å². The van der Waals surface area contributed by atoms with Crippen molar-refractivity contribution in [3.63, 3.8) is 0 Å². The highest BCUT2D eigenvalue weighted by Gasteiger charge is 2.18. The van der Waals surface area contributed by atoms with Gasteiger partial charge in [-0.2, -0.15) is 0 Å². The zero-order chi connectivity index (χ0) is 15.2. The molecule has 0 aromatic carbocycles. The fourth-order valence-corrected chi connectivity index (χ4v) is 3.56. The molecule has 20 heavy (non-hydrogen) atoms. The van der Waals surface area contributed by atoms with Crippen LogP contribution in [-0.2, 0) is 10.0 Å². The molecule has 5 nitrogen and oxygen atoms in total. The molecule has 0 amide bonds. The summed E-state index contributed by atoms with van der Waals surface area (Å²) in [6.45, 7) is 9.37. The standard InChI is InChI=1S/C14H26N2O3S/c1-5-15-8-6-7-9-20(17,18)16-12(3)14-10-11(2)19-13(14)4/h10,12,15-16H,5-9H2,1-4H3. The van der Waals surface area contributed by atoms with Crippen LogP contribution in [0, 0.1) is 13.8 Å². The Morgan fingerprint density at radius 1 is 1.30 bits per heavy atom. The van der Waals surface area contributed by atoms with Crippen molar-refractivity contribution in [1.29, 1.82) is 0 Å². The summed E-state index contributed by atoms with van der Waals surface area (Å²) in [4.78, 5) is 0. The maximum absolute atomic E-state index is 12.0. The molecule has 116 valence electrons. The molecule has 1 rings (SSSR count). The minimum Gasteiger partial charge on any atom is -0.466 e. The molecule has 0 aliphatic carbocycles. The second kappa shape index (κ2) is 7.81. The SMILES string of the molecule is CCNCCCCS(=O)(=O)NC(C)c1cc(C)oc1C. The van der Waals surface area contributed by atoms with Gasteiger partial charge in [-0.25, -0.2) is 13.1 Å². The second-order valence-electron chi connectivity index (χ2n) is 5.09. The maximum Gasteiger partial charge on any atom is 0.212 e. The van der Waals surface area contributed by atoms with E-state index in [1.54, 1.807) is 0 Å². The van der Waals surface area contributed by atoms with Crippen LogP contribution in [0.5, 0.6) is 0 Å². The number of sulfonamides is 1. The van der Waals surface area contributed by atoms with E-state index in [1.165, 1.54) is 0 Å². The Morgan fingerprint density at radius 2 is 2.00 bits per heavy atom. The summed E-state index contributed by atoms with van der Waals surface area (Å²) >= 11 is 0. The molecular weight excluding hydrogens is 276 g/mol. The lowest BCUT2D eigenvalue weighted by molar-refractivity contribution is 0.496. The van der Waals surface area contributed by atoms with Crippen molar-refractivity contribution in [2.24, 2.45) is 0 Å². The summed E-state index contributed by atoms with van der Waals surface area (Å²) < 4.78 is 32.1. The molecule has 0 bridgehead atoms. The van der Waals surface area contributed by atoms with E-state index in [4.69, 9.17) is 4.42 Å². The summed E-state index contributed by atoms with van der Waals surface area (Å²) in [5.41, 5.74) is 0.902. The lowest BCUT2D eigenvalue weighted by Gasteiger charge is -2.13. The van der Waals surface area contributed by atoms with Gasteiger partial charge in [0.05, 0.1) is 5.75 Å². The topological polar surface area (TPSA) is 71.3 Å². The average molecular weight is 302 g/mol. The number of aryl methyl sites for hydroxylation is 2. The highest BCUT2D eigenvalue weighted by atomic mass is 32.2. The molecule has 2 N–H and O–H groups in total. The van der Waals surface area contributed by atoms with Gasteiger partial charge in [-0.1, -0.05) is 6.92 Å². The largest absolute Gasteiger partial charge is 0.466 e. The number of furan rings is 1. The third-order valence-electron chi connectivity index (χ3n) is 3.17. The Morgan fingerprint density at radius 3 is 2.55 bits per heavy atom. The van der Waals surface area contributed by atoms with Crippen LogP contribution in [-0.4, -0.2) is 27.3 Å². The van der Waals surface area contributed by atoms with Crippen molar-refractivity contribution in [3.05, 3.63) is 23.2 Å². The Balaban J connectivity index is 2.47. The van der Waals surface area contributed by atoms with Gasteiger partial charge in [0.25, 0.3) is 0 Å². The van der Waals surface area contributed by atoms with E-state index >= 15 is 0 Å². The first-order valence-corrected chi connectivity index (χ1v) is 8.78. The van der Waals surface area contributed by atoms with Crippen molar-refractivity contribution < 1.29 is 12.8 Å². The number of rotatable bonds is 9. The van der Waals surface area contributed by atoms with E-state index in [9.17, 15) is 8.42 Å². The van der Waals surface area contributed by atoms with Crippen molar-refractivity contribution >= 4 is 10.0 Å². The second-order valence-corrected chi connectivity index (χ2v) is 6.96. The smallest absolute Gasteiger partial charge is 0.212 e. The predicted octanol–water partition coefficient (Wildman–Crippen LogP) is 2.27. The number of hydrogen-bond acceptors (Lipinski definition) is 4. The maximum atomic E-state index is 12.0. The Kier molecular flexibility index (Phi) is 6.71. The molecule has 1 heterocycles. The molecule has 6 heteroatoms. The zero-order valence-electron chi connectivity index (χ0n) is 12.8. The Bertz CT molecular complexity index is 508. The van der Waals surface area contributed by atoms with Gasteiger partial charge in [-0.05, 0) is 52.8 Å². The summed E-state index contributed by atoms with van der Waals surface area (Å²) in [6, 6.07) is 1.62. The summed E-state index contributed by atoms with van der Waals surface area (Å²) in [5.74, 6) is 1.73. The lowest BCUT2D eigenvalue weighted by atomic mass is 10.1. The highest BCUT2D eigenvalue weighted by molar-refractivity contribution is 7.89. The van der Waals surface area contributed by atoms with E-state index in [1.807, 2.05) is 33.8 Å². The summed E-state index contributed by atoms with van der Waals surface area (Å²) in [5, 5.41) is 3.18. The quantitative estimate of drug-likeness (QED) is 0.686. The first-order valence-electron chi connectivity index (χ1n) is 7.13. The van der Waals surface area contributed by atoms with E-state index in [2.05, 4.69) is 10.0 Å². The van der Waals surface area contributed by atoms with Gasteiger partial charge in [-0.15, -0.1) is 0 Å². The number of hydrogen-bond donors (Lipinski definition) is 2. The molecule has 0 saturated carbocycles. The molecular formula is C14H26N2O3S. The summed E-state index contributed by atoms with van der Waals surface area (Å²) in [7, 11) is -3.24. The molecule has 0 aliphatic heterocycles. The molecule has 0 fully saturated rings.